The highest BCUT2D eigenvalue weighted by atomic mass is 35.5. The molecule has 2 aliphatic rings. The van der Waals surface area contributed by atoms with Crippen LogP contribution in [-0.2, 0) is 0 Å². The van der Waals surface area contributed by atoms with E-state index in [9.17, 15) is 14.4 Å². The molecule has 1 heterocycles. The van der Waals surface area contributed by atoms with Gasteiger partial charge in [0.05, 0.1) is 22.3 Å². The lowest BCUT2D eigenvalue weighted by Crippen LogP contribution is -2.31. The number of carbonyl (C=O) groups is 3. The van der Waals surface area contributed by atoms with Crippen molar-refractivity contribution in [1.82, 2.24) is 15.6 Å². The van der Waals surface area contributed by atoms with E-state index in [1.807, 2.05) is 30.3 Å². The summed E-state index contributed by atoms with van der Waals surface area (Å²) < 4.78 is 0. The van der Waals surface area contributed by atoms with Crippen molar-refractivity contribution in [1.29, 1.82) is 0 Å². The lowest BCUT2D eigenvalue weighted by Gasteiger charge is -2.22. The molecule has 0 spiro atoms. The van der Waals surface area contributed by atoms with E-state index in [1.54, 1.807) is 42.5 Å². The van der Waals surface area contributed by atoms with Crippen LogP contribution in [0.2, 0.25) is 10.0 Å². The highest BCUT2D eigenvalue weighted by Crippen LogP contribution is 2.26. The third kappa shape index (κ3) is 9.94. The standard InChI is InChI=1S/C24H24ClN3O2.C14H19ClN2O/c25-18-11-13-21(19(14-18)23(29)26-15-16-6-2-1-3-7-16)28-24(30)22-12-10-17-8-4-5-9-20(17)27-22;15-11-6-7-13(16)12(8-11)14(18)17-9-10-4-2-1-3-5-10/h4-5,8-14,16H,1-3,6-7,15H2,(H,26,29)(H,28,30);6-8,10H,1-5,9,16H2,(H,17,18). The Morgan fingerprint density at radius 3 is 1.88 bits per heavy atom. The zero-order chi connectivity index (χ0) is 33.9. The van der Waals surface area contributed by atoms with Crippen molar-refractivity contribution in [2.24, 2.45) is 11.8 Å². The largest absolute Gasteiger partial charge is 0.398 e. The fraction of sp³-hybridized carbons (Fsp3) is 0.368. The number of anilines is 2. The summed E-state index contributed by atoms with van der Waals surface area (Å²) in [4.78, 5) is 42.0. The Labute approximate surface area is 292 Å². The van der Waals surface area contributed by atoms with Crippen LogP contribution in [0, 0.1) is 11.8 Å². The van der Waals surface area contributed by atoms with Crippen LogP contribution in [-0.4, -0.2) is 35.8 Å². The first kappa shape index (κ1) is 35.2. The van der Waals surface area contributed by atoms with Gasteiger partial charge in [0.25, 0.3) is 17.7 Å². The molecule has 10 heteroatoms. The smallest absolute Gasteiger partial charge is 0.274 e. The second kappa shape index (κ2) is 17.3. The molecule has 5 N–H and O–H groups in total. The van der Waals surface area contributed by atoms with Crippen molar-refractivity contribution >= 4 is 63.2 Å². The molecule has 8 nitrogen and oxygen atoms in total. The van der Waals surface area contributed by atoms with Gasteiger partial charge in [-0.2, -0.15) is 0 Å². The molecule has 2 saturated carbocycles. The average Bonchev–Trinajstić information content (AvgIpc) is 3.12. The van der Waals surface area contributed by atoms with Crippen molar-refractivity contribution < 1.29 is 14.4 Å². The van der Waals surface area contributed by atoms with E-state index in [-0.39, 0.29) is 23.4 Å². The molecule has 1 aromatic heterocycles. The summed E-state index contributed by atoms with van der Waals surface area (Å²) in [5.74, 6) is 0.402. The first-order valence-electron chi connectivity index (χ1n) is 16.8. The van der Waals surface area contributed by atoms with Gasteiger partial charge in [-0.25, -0.2) is 4.98 Å². The number of carbonyl (C=O) groups excluding carboxylic acids is 3. The number of amides is 3. The Balaban J connectivity index is 0.000000214. The molecule has 0 saturated heterocycles. The number of nitrogens with two attached hydrogens (primary N) is 1. The van der Waals surface area contributed by atoms with Crippen molar-refractivity contribution in [2.75, 3.05) is 24.1 Å². The third-order valence-corrected chi connectivity index (χ3v) is 9.59. The van der Waals surface area contributed by atoms with E-state index >= 15 is 0 Å². The molecule has 2 aliphatic carbocycles. The van der Waals surface area contributed by atoms with Crippen LogP contribution in [0.3, 0.4) is 0 Å². The lowest BCUT2D eigenvalue weighted by atomic mass is 9.89. The molecule has 0 aliphatic heterocycles. The summed E-state index contributed by atoms with van der Waals surface area (Å²) >= 11 is 12.0. The van der Waals surface area contributed by atoms with Crippen molar-refractivity contribution in [2.45, 2.75) is 64.2 Å². The van der Waals surface area contributed by atoms with E-state index in [0.717, 1.165) is 30.3 Å². The highest BCUT2D eigenvalue weighted by Gasteiger charge is 2.19. The van der Waals surface area contributed by atoms with Crippen LogP contribution in [0.25, 0.3) is 10.9 Å². The summed E-state index contributed by atoms with van der Waals surface area (Å²) in [7, 11) is 0. The molecular formula is C38H43Cl2N5O3. The zero-order valence-electron chi connectivity index (χ0n) is 27.1. The van der Waals surface area contributed by atoms with E-state index in [4.69, 9.17) is 28.9 Å². The molecule has 4 aromatic rings. The highest BCUT2D eigenvalue weighted by molar-refractivity contribution is 6.31. The number of halogens is 2. The number of aromatic nitrogens is 1. The minimum atomic E-state index is -0.371. The Morgan fingerprint density at radius 1 is 0.667 bits per heavy atom. The van der Waals surface area contributed by atoms with Crippen LogP contribution >= 0.6 is 23.2 Å². The van der Waals surface area contributed by atoms with Crippen LogP contribution in [0.5, 0.6) is 0 Å². The minimum absolute atomic E-state index is 0.124. The molecule has 0 radical (unpaired) electrons. The molecule has 3 aromatic carbocycles. The van der Waals surface area contributed by atoms with E-state index in [1.165, 1.54) is 51.4 Å². The van der Waals surface area contributed by atoms with Gasteiger partial charge < -0.3 is 21.7 Å². The number of nitrogens with zero attached hydrogens (tertiary/aromatic N) is 1. The van der Waals surface area contributed by atoms with Gasteiger partial charge in [0, 0.05) is 34.2 Å². The maximum absolute atomic E-state index is 12.8. The fourth-order valence-electron chi connectivity index (χ4n) is 6.36. The van der Waals surface area contributed by atoms with Gasteiger partial charge in [-0.15, -0.1) is 0 Å². The Kier molecular flexibility index (Phi) is 12.7. The third-order valence-electron chi connectivity index (χ3n) is 9.12. The van der Waals surface area contributed by atoms with Gasteiger partial charge in [0.15, 0.2) is 0 Å². The summed E-state index contributed by atoms with van der Waals surface area (Å²) in [6.45, 7) is 1.38. The number of hydrogen-bond acceptors (Lipinski definition) is 5. The van der Waals surface area contributed by atoms with Crippen LogP contribution in [0.1, 0.15) is 95.4 Å². The van der Waals surface area contributed by atoms with E-state index in [2.05, 4.69) is 20.9 Å². The molecule has 6 rings (SSSR count). The Morgan fingerprint density at radius 2 is 1.23 bits per heavy atom. The predicted octanol–water partition coefficient (Wildman–Crippen LogP) is 8.68. The number of pyridine rings is 1. The molecule has 0 bridgehead atoms. The van der Waals surface area contributed by atoms with Gasteiger partial charge in [-0.1, -0.05) is 86.0 Å². The molecule has 48 heavy (non-hydrogen) atoms. The molecule has 0 atom stereocenters. The molecule has 252 valence electrons. The number of para-hydroxylation sites is 1. The fourth-order valence-corrected chi connectivity index (χ4v) is 6.71. The lowest BCUT2D eigenvalue weighted by molar-refractivity contribution is 0.0936. The molecule has 0 unspecified atom stereocenters. The van der Waals surface area contributed by atoms with Gasteiger partial charge in [-0.05, 0) is 86.1 Å². The zero-order valence-corrected chi connectivity index (χ0v) is 28.6. The molecule has 3 amide bonds. The molecule has 2 fully saturated rings. The number of fused-ring (bicyclic) bond motifs is 1. The Hall–Kier alpha value is -4.14. The minimum Gasteiger partial charge on any atom is -0.398 e. The van der Waals surface area contributed by atoms with Gasteiger partial charge >= 0.3 is 0 Å². The van der Waals surface area contributed by atoms with Crippen LogP contribution in [0.15, 0.2) is 72.8 Å². The maximum atomic E-state index is 12.8. The maximum Gasteiger partial charge on any atom is 0.274 e. The predicted molar refractivity (Wildman–Crippen MR) is 195 cm³/mol. The summed E-state index contributed by atoms with van der Waals surface area (Å²) in [6, 6.07) is 21.0. The second-order valence-electron chi connectivity index (χ2n) is 12.7. The molecular weight excluding hydrogens is 645 g/mol. The van der Waals surface area contributed by atoms with Gasteiger partial charge in [0.1, 0.15) is 5.69 Å². The van der Waals surface area contributed by atoms with Crippen molar-refractivity contribution in [3.8, 4) is 0 Å². The first-order chi connectivity index (χ1) is 23.3. The summed E-state index contributed by atoms with van der Waals surface area (Å²) in [5.41, 5.74) is 8.53. The number of hydrogen-bond donors (Lipinski definition) is 4. The number of nitrogen functional groups attached to an aromatic ring is 1. The number of rotatable bonds is 8. The van der Waals surface area contributed by atoms with Crippen molar-refractivity contribution in [3.05, 3.63) is 99.7 Å². The SMILES string of the molecule is Nc1ccc(Cl)cc1C(=O)NCC1CCCCC1.O=C(Nc1ccc(Cl)cc1C(=O)NCC1CCCCC1)c1ccc2ccccc2n1. The summed E-state index contributed by atoms with van der Waals surface area (Å²) in [6.07, 6.45) is 12.3. The average molecular weight is 689 g/mol. The summed E-state index contributed by atoms with van der Waals surface area (Å²) in [5, 5.41) is 10.7. The normalized spacial score (nSPS) is 15.2. The van der Waals surface area contributed by atoms with Crippen LogP contribution in [0.4, 0.5) is 11.4 Å². The van der Waals surface area contributed by atoms with Crippen LogP contribution < -0.4 is 21.7 Å². The first-order valence-corrected chi connectivity index (χ1v) is 17.6. The monoisotopic (exact) mass is 687 g/mol. The topological polar surface area (TPSA) is 126 Å². The quantitative estimate of drug-likeness (QED) is 0.138. The Bertz CT molecular complexity index is 1740. The van der Waals surface area contributed by atoms with E-state index < -0.39 is 0 Å². The number of benzene rings is 3. The van der Waals surface area contributed by atoms with E-state index in [0.29, 0.717) is 50.9 Å². The second-order valence-corrected chi connectivity index (χ2v) is 13.6. The van der Waals surface area contributed by atoms with Crippen molar-refractivity contribution in [3.63, 3.8) is 0 Å². The van der Waals surface area contributed by atoms with Gasteiger partial charge in [0.2, 0.25) is 0 Å². The number of nitrogens with one attached hydrogen (secondary N) is 3. The van der Waals surface area contributed by atoms with Gasteiger partial charge in [-0.3, -0.25) is 14.4 Å².